The maximum absolute atomic E-state index is 11.8. The van der Waals surface area contributed by atoms with Crippen molar-refractivity contribution in [2.75, 3.05) is 19.6 Å². The number of amides is 1. The molecule has 2 rings (SSSR count). The lowest BCUT2D eigenvalue weighted by Gasteiger charge is -2.21. The van der Waals surface area contributed by atoms with Crippen molar-refractivity contribution in [3.63, 3.8) is 0 Å². The number of carbonyl (C=O) groups excluding carboxylic acids is 1. The second-order valence-corrected chi connectivity index (χ2v) is 5.30. The van der Waals surface area contributed by atoms with Crippen LogP contribution in [0.25, 0.3) is 0 Å². The predicted octanol–water partition coefficient (Wildman–Crippen LogP) is 1.24. The lowest BCUT2D eigenvalue weighted by atomic mass is 9.95. The summed E-state index contributed by atoms with van der Waals surface area (Å²) in [6, 6.07) is 0.555. The van der Waals surface area contributed by atoms with Crippen molar-refractivity contribution in [3.05, 3.63) is 0 Å². The zero-order chi connectivity index (χ0) is 10.8. The minimum Gasteiger partial charge on any atom is -0.341 e. The fourth-order valence-electron chi connectivity index (χ4n) is 2.60. The number of hydrogen-bond donors (Lipinski definition) is 1. The fraction of sp³-hybridized carbons (Fsp3) is 0.917. The minimum atomic E-state index is 0.363. The van der Waals surface area contributed by atoms with E-state index in [0.29, 0.717) is 23.8 Å². The molecule has 1 unspecified atom stereocenters. The van der Waals surface area contributed by atoms with E-state index in [2.05, 4.69) is 24.1 Å². The fourth-order valence-corrected chi connectivity index (χ4v) is 2.60. The summed E-state index contributed by atoms with van der Waals surface area (Å²) in [7, 11) is 0. The molecule has 0 spiro atoms. The molecule has 0 aromatic rings. The summed E-state index contributed by atoms with van der Waals surface area (Å²) in [5, 5.41) is 3.45. The van der Waals surface area contributed by atoms with E-state index in [1.807, 2.05) is 0 Å². The van der Waals surface area contributed by atoms with Gasteiger partial charge in [0.2, 0.25) is 5.91 Å². The van der Waals surface area contributed by atoms with Crippen LogP contribution in [-0.4, -0.2) is 36.5 Å². The van der Waals surface area contributed by atoms with Crippen LogP contribution in [0.2, 0.25) is 0 Å². The summed E-state index contributed by atoms with van der Waals surface area (Å²) in [5.41, 5.74) is 0. The van der Waals surface area contributed by atoms with Crippen molar-refractivity contribution in [2.24, 2.45) is 11.8 Å². The van der Waals surface area contributed by atoms with Gasteiger partial charge in [-0.15, -0.1) is 0 Å². The molecule has 1 amide bonds. The van der Waals surface area contributed by atoms with Gasteiger partial charge in [-0.25, -0.2) is 0 Å². The van der Waals surface area contributed by atoms with Crippen molar-refractivity contribution >= 4 is 5.91 Å². The molecule has 3 nitrogen and oxygen atoms in total. The quantitative estimate of drug-likeness (QED) is 0.760. The molecule has 2 fully saturated rings. The Bertz CT molecular complexity index is 234. The number of nitrogens with zero attached hydrogens (tertiary/aromatic N) is 1. The molecule has 86 valence electrons. The monoisotopic (exact) mass is 210 g/mol. The summed E-state index contributed by atoms with van der Waals surface area (Å²) in [6.45, 7) is 7.47. The molecule has 1 N–H and O–H groups in total. The van der Waals surface area contributed by atoms with E-state index in [1.54, 1.807) is 0 Å². The Balaban J connectivity index is 1.85. The van der Waals surface area contributed by atoms with Gasteiger partial charge in [-0.3, -0.25) is 4.79 Å². The van der Waals surface area contributed by atoms with E-state index in [-0.39, 0.29) is 0 Å². The Morgan fingerprint density at radius 1 is 1.53 bits per heavy atom. The van der Waals surface area contributed by atoms with Gasteiger partial charge in [0.1, 0.15) is 0 Å². The van der Waals surface area contributed by atoms with Crippen molar-refractivity contribution in [1.29, 1.82) is 0 Å². The van der Waals surface area contributed by atoms with E-state index in [1.165, 1.54) is 12.8 Å². The van der Waals surface area contributed by atoms with Crippen LogP contribution in [-0.2, 0) is 4.79 Å². The van der Waals surface area contributed by atoms with Crippen LogP contribution in [0, 0.1) is 11.8 Å². The largest absolute Gasteiger partial charge is 0.341 e. The molecule has 2 atom stereocenters. The summed E-state index contributed by atoms with van der Waals surface area (Å²) >= 11 is 0. The highest BCUT2D eigenvalue weighted by atomic mass is 16.2. The van der Waals surface area contributed by atoms with E-state index in [9.17, 15) is 4.79 Å². The Morgan fingerprint density at radius 3 is 2.87 bits per heavy atom. The van der Waals surface area contributed by atoms with Crippen LogP contribution in [0.1, 0.15) is 33.1 Å². The van der Waals surface area contributed by atoms with Crippen LogP contribution < -0.4 is 5.32 Å². The standard InChI is InChI=1S/C12H22N2O/c1-9(2)10-6-12(15)14(7-10)8-11-4-3-5-13-11/h9-11,13H,3-8H2,1-2H3/t10?,11-/m0/s1. The van der Waals surface area contributed by atoms with Gasteiger partial charge in [-0.1, -0.05) is 13.8 Å². The second-order valence-electron chi connectivity index (χ2n) is 5.30. The molecule has 3 heteroatoms. The van der Waals surface area contributed by atoms with E-state index >= 15 is 0 Å². The van der Waals surface area contributed by atoms with Gasteiger partial charge >= 0.3 is 0 Å². The lowest BCUT2D eigenvalue weighted by molar-refractivity contribution is -0.128. The number of carbonyl (C=O) groups is 1. The SMILES string of the molecule is CC(C)C1CC(=O)N(C[C@@H]2CCCN2)C1. The average Bonchev–Trinajstić information content (AvgIpc) is 2.77. The Hall–Kier alpha value is -0.570. The third-order valence-electron chi connectivity index (χ3n) is 3.79. The molecular weight excluding hydrogens is 188 g/mol. The smallest absolute Gasteiger partial charge is 0.222 e. The Morgan fingerprint density at radius 2 is 2.33 bits per heavy atom. The van der Waals surface area contributed by atoms with Gasteiger partial charge < -0.3 is 10.2 Å². The van der Waals surface area contributed by atoms with Gasteiger partial charge in [0.05, 0.1) is 0 Å². The van der Waals surface area contributed by atoms with E-state index in [0.717, 1.165) is 26.1 Å². The molecule has 0 bridgehead atoms. The van der Waals surface area contributed by atoms with Crippen LogP contribution in [0.5, 0.6) is 0 Å². The molecule has 2 aliphatic heterocycles. The maximum atomic E-state index is 11.8. The van der Waals surface area contributed by atoms with Gasteiger partial charge in [0.15, 0.2) is 0 Å². The number of likely N-dealkylation sites (tertiary alicyclic amines) is 1. The first kappa shape index (κ1) is 10.9. The van der Waals surface area contributed by atoms with Gasteiger partial charge in [-0.2, -0.15) is 0 Å². The Labute approximate surface area is 92.2 Å². The van der Waals surface area contributed by atoms with Crippen molar-refractivity contribution in [1.82, 2.24) is 10.2 Å². The molecule has 0 aromatic carbocycles. The van der Waals surface area contributed by atoms with E-state index in [4.69, 9.17) is 0 Å². The molecular formula is C12H22N2O. The number of nitrogens with one attached hydrogen (secondary N) is 1. The molecule has 15 heavy (non-hydrogen) atoms. The summed E-state index contributed by atoms with van der Waals surface area (Å²) in [6.07, 6.45) is 3.26. The molecule has 2 saturated heterocycles. The lowest BCUT2D eigenvalue weighted by Crippen LogP contribution is -2.38. The topological polar surface area (TPSA) is 32.3 Å². The van der Waals surface area contributed by atoms with Gasteiger partial charge in [0.25, 0.3) is 0 Å². The van der Waals surface area contributed by atoms with Crippen LogP contribution in [0.15, 0.2) is 0 Å². The molecule has 2 heterocycles. The first-order valence-electron chi connectivity index (χ1n) is 6.18. The highest BCUT2D eigenvalue weighted by Gasteiger charge is 2.32. The normalized spacial score (nSPS) is 31.9. The molecule has 0 saturated carbocycles. The highest BCUT2D eigenvalue weighted by Crippen LogP contribution is 2.25. The van der Waals surface area contributed by atoms with Gasteiger partial charge in [0, 0.05) is 25.6 Å². The molecule has 0 aliphatic carbocycles. The summed E-state index contributed by atoms with van der Waals surface area (Å²) in [5.74, 6) is 1.58. The first-order valence-corrected chi connectivity index (χ1v) is 6.18. The second kappa shape index (κ2) is 4.52. The number of rotatable bonds is 3. The van der Waals surface area contributed by atoms with Crippen molar-refractivity contribution in [3.8, 4) is 0 Å². The van der Waals surface area contributed by atoms with E-state index < -0.39 is 0 Å². The first-order chi connectivity index (χ1) is 7.16. The summed E-state index contributed by atoms with van der Waals surface area (Å²) < 4.78 is 0. The Kier molecular flexibility index (Phi) is 3.29. The van der Waals surface area contributed by atoms with Crippen LogP contribution in [0.4, 0.5) is 0 Å². The van der Waals surface area contributed by atoms with Crippen LogP contribution >= 0.6 is 0 Å². The maximum Gasteiger partial charge on any atom is 0.222 e. The third kappa shape index (κ3) is 2.51. The zero-order valence-corrected chi connectivity index (χ0v) is 9.83. The van der Waals surface area contributed by atoms with Crippen LogP contribution in [0.3, 0.4) is 0 Å². The highest BCUT2D eigenvalue weighted by molar-refractivity contribution is 5.78. The molecule has 2 aliphatic rings. The summed E-state index contributed by atoms with van der Waals surface area (Å²) in [4.78, 5) is 13.8. The average molecular weight is 210 g/mol. The van der Waals surface area contributed by atoms with Crippen molar-refractivity contribution in [2.45, 2.75) is 39.2 Å². The molecule has 0 radical (unpaired) electrons. The van der Waals surface area contributed by atoms with Gasteiger partial charge in [-0.05, 0) is 31.2 Å². The predicted molar refractivity (Wildman–Crippen MR) is 60.5 cm³/mol. The third-order valence-corrected chi connectivity index (χ3v) is 3.79. The van der Waals surface area contributed by atoms with Crippen molar-refractivity contribution < 1.29 is 4.79 Å². The number of hydrogen-bond acceptors (Lipinski definition) is 2. The molecule has 0 aromatic heterocycles. The zero-order valence-electron chi connectivity index (χ0n) is 9.83. The minimum absolute atomic E-state index is 0.363.